The smallest absolute Gasteiger partial charge is 0.289 e. The summed E-state index contributed by atoms with van der Waals surface area (Å²) in [7, 11) is 0. The van der Waals surface area contributed by atoms with Crippen molar-refractivity contribution in [2.24, 2.45) is 0 Å². The molecule has 2 N–H and O–H groups in total. The predicted octanol–water partition coefficient (Wildman–Crippen LogP) is 3.87. The van der Waals surface area contributed by atoms with E-state index in [1.54, 1.807) is 0 Å². The molecule has 0 aliphatic heterocycles. The number of nitro groups is 1. The minimum absolute atomic E-state index is 0.137. The summed E-state index contributed by atoms with van der Waals surface area (Å²) in [4.78, 5) is 17.2. The third kappa shape index (κ3) is 2.28. The average molecular weight is 289 g/mol. The first kappa shape index (κ1) is 12.4. The summed E-state index contributed by atoms with van der Waals surface area (Å²) in [6.45, 7) is 0. The fraction of sp³-hybridized carbons (Fsp3) is 0. The van der Waals surface area contributed by atoms with Gasteiger partial charge in [0.15, 0.2) is 0 Å². The zero-order chi connectivity index (χ0) is 14.1. The summed E-state index contributed by atoms with van der Waals surface area (Å²) in [6, 6.07) is 8.96. The Hall–Kier alpha value is -2.60. The van der Waals surface area contributed by atoms with Crippen LogP contribution in [0.5, 0.6) is 0 Å². The number of nitrogens with one attached hydrogen (secondary N) is 2. The van der Waals surface area contributed by atoms with Crippen molar-refractivity contribution in [2.45, 2.75) is 0 Å². The molecule has 2 aromatic heterocycles. The number of fused-ring (bicyclic) bond motifs is 1. The van der Waals surface area contributed by atoms with Crippen LogP contribution in [0.4, 0.5) is 17.2 Å². The average Bonchev–Trinajstić information content (AvgIpc) is 2.88. The van der Waals surface area contributed by atoms with E-state index in [0.717, 1.165) is 16.6 Å². The molecule has 6 nitrogen and oxygen atoms in total. The molecule has 1 aromatic carbocycles. The first-order valence-corrected chi connectivity index (χ1v) is 6.15. The molecule has 0 saturated heterocycles. The van der Waals surface area contributed by atoms with E-state index >= 15 is 0 Å². The van der Waals surface area contributed by atoms with Gasteiger partial charge in [-0.05, 0) is 24.3 Å². The van der Waals surface area contributed by atoms with Crippen molar-refractivity contribution in [1.29, 1.82) is 0 Å². The molecule has 0 bridgehead atoms. The number of rotatable bonds is 3. The third-order valence-electron chi connectivity index (χ3n) is 2.85. The summed E-state index contributed by atoms with van der Waals surface area (Å²) >= 11 is 5.98. The van der Waals surface area contributed by atoms with Crippen molar-refractivity contribution in [1.82, 2.24) is 9.97 Å². The van der Waals surface area contributed by atoms with Crippen LogP contribution >= 0.6 is 11.6 Å². The molecule has 20 heavy (non-hydrogen) atoms. The van der Waals surface area contributed by atoms with Crippen LogP contribution in [0.25, 0.3) is 10.9 Å². The normalized spacial score (nSPS) is 10.7. The van der Waals surface area contributed by atoms with Gasteiger partial charge < -0.3 is 10.3 Å². The second-order valence-corrected chi connectivity index (χ2v) is 4.59. The summed E-state index contributed by atoms with van der Waals surface area (Å²) < 4.78 is 0. The van der Waals surface area contributed by atoms with Crippen molar-refractivity contribution >= 4 is 39.7 Å². The zero-order valence-electron chi connectivity index (χ0n) is 10.1. The van der Waals surface area contributed by atoms with Gasteiger partial charge in [0.1, 0.15) is 12.0 Å². The molecule has 0 aliphatic rings. The van der Waals surface area contributed by atoms with Crippen LogP contribution < -0.4 is 5.32 Å². The Morgan fingerprint density at radius 2 is 2.15 bits per heavy atom. The van der Waals surface area contributed by atoms with Crippen molar-refractivity contribution in [3.63, 3.8) is 0 Å². The van der Waals surface area contributed by atoms with Crippen LogP contribution in [0.3, 0.4) is 0 Å². The van der Waals surface area contributed by atoms with Gasteiger partial charge in [0, 0.05) is 28.9 Å². The number of halogens is 1. The first-order valence-electron chi connectivity index (χ1n) is 5.77. The molecule has 0 atom stereocenters. The lowest BCUT2D eigenvalue weighted by Gasteiger charge is -2.07. The van der Waals surface area contributed by atoms with Crippen molar-refractivity contribution in [3.05, 3.63) is 57.9 Å². The fourth-order valence-corrected chi connectivity index (χ4v) is 2.10. The Morgan fingerprint density at radius 3 is 2.90 bits per heavy atom. The van der Waals surface area contributed by atoms with Gasteiger partial charge in [0.05, 0.1) is 9.95 Å². The summed E-state index contributed by atoms with van der Waals surface area (Å²) in [5, 5.41) is 14.9. The van der Waals surface area contributed by atoms with E-state index in [1.165, 1.54) is 12.3 Å². The summed E-state index contributed by atoms with van der Waals surface area (Å²) in [6.07, 6.45) is 3.02. The van der Waals surface area contributed by atoms with Crippen LogP contribution in [-0.2, 0) is 0 Å². The Bertz CT molecular complexity index is 800. The highest BCUT2D eigenvalue weighted by atomic mass is 35.5. The molecule has 0 unspecified atom stereocenters. The third-order valence-corrected chi connectivity index (χ3v) is 3.14. The van der Waals surface area contributed by atoms with E-state index < -0.39 is 4.92 Å². The molecule has 0 amide bonds. The lowest BCUT2D eigenvalue weighted by molar-refractivity contribution is -0.385. The molecule has 7 heteroatoms. The Labute approximate surface area is 118 Å². The van der Waals surface area contributed by atoms with Crippen LogP contribution in [0.2, 0.25) is 5.02 Å². The number of nitrogens with zero attached hydrogens (tertiary/aromatic N) is 2. The van der Waals surface area contributed by atoms with Gasteiger partial charge in [0.25, 0.3) is 5.69 Å². The maximum absolute atomic E-state index is 10.6. The van der Waals surface area contributed by atoms with Crippen molar-refractivity contribution < 1.29 is 4.92 Å². The molecular weight excluding hydrogens is 280 g/mol. The van der Waals surface area contributed by atoms with Crippen molar-refractivity contribution in [3.8, 4) is 0 Å². The van der Waals surface area contributed by atoms with E-state index in [-0.39, 0.29) is 10.7 Å². The van der Waals surface area contributed by atoms with Gasteiger partial charge in [-0.1, -0.05) is 11.6 Å². The number of benzene rings is 1. The monoisotopic (exact) mass is 288 g/mol. The van der Waals surface area contributed by atoms with E-state index in [2.05, 4.69) is 15.3 Å². The minimum atomic E-state index is -0.533. The molecule has 0 aliphatic carbocycles. The second-order valence-electron chi connectivity index (χ2n) is 4.19. The Morgan fingerprint density at radius 1 is 1.30 bits per heavy atom. The number of aromatic nitrogens is 2. The Kier molecular flexibility index (Phi) is 3.00. The number of H-pyrrole nitrogens is 1. The van der Waals surface area contributed by atoms with Gasteiger partial charge >= 0.3 is 0 Å². The fourth-order valence-electron chi connectivity index (χ4n) is 1.89. The maximum atomic E-state index is 10.6. The molecule has 100 valence electrons. The number of anilines is 2. The Balaban J connectivity index is 1.92. The topological polar surface area (TPSA) is 83.8 Å². The van der Waals surface area contributed by atoms with Gasteiger partial charge in [0.2, 0.25) is 0 Å². The van der Waals surface area contributed by atoms with E-state index in [4.69, 9.17) is 11.6 Å². The van der Waals surface area contributed by atoms with Crippen LogP contribution in [0, 0.1) is 10.1 Å². The molecular formula is C13H9ClN4O2. The van der Waals surface area contributed by atoms with Gasteiger partial charge in [-0.3, -0.25) is 10.1 Å². The molecule has 0 spiro atoms. The SMILES string of the molecule is O=[N+]([O-])c1cnc(Nc2ccc3[nH]ccc3c2)c(Cl)c1. The number of hydrogen-bond acceptors (Lipinski definition) is 4. The molecule has 2 heterocycles. The van der Waals surface area contributed by atoms with E-state index in [0.29, 0.717) is 5.82 Å². The van der Waals surface area contributed by atoms with Gasteiger partial charge in [-0.15, -0.1) is 0 Å². The number of aromatic amines is 1. The highest BCUT2D eigenvalue weighted by Gasteiger charge is 2.11. The summed E-state index contributed by atoms with van der Waals surface area (Å²) in [5.74, 6) is 0.382. The molecule has 3 aromatic rings. The molecule has 3 rings (SSSR count). The quantitative estimate of drug-likeness (QED) is 0.566. The maximum Gasteiger partial charge on any atom is 0.289 e. The van der Waals surface area contributed by atoms with Crippen LogP contribution in [-0.4, -0.2) is 14.9 Å². The van der Waals surface area contributed by atoms with E-state index in [9.17, 15) is 10.1 Å². The highest BCUT2D eigenvalue weighted by Crippen LogP contribution is 2.27. The molecule has 0 saturated carbocycles. The second kappa shape index (κ2) is 4.82. The lowest BCUT2D eigenvalue weighted by atomic mass is 10.2. The summed E-state index contributed by atoms with van der Waals surface area (Å²) in [5.41, 5.74) is 1.69. The number of pyridine rings is 1. The van der Waals surface area contributed by atoms with E-state index in [1.807, 2.05) is 30.5 Å². The number of hydrogen-bond donors (Lipinski definition) is 2. The molecule has 0 fully saturated rings. The lowest BCUT2D eigenvalue weighted by Crippen LogP contribution is -1.96. The largest absolute Gasteiger partial charge is 0.361 e. The molecule has 0 radical (unpaired) electrons. The highest BCUT2D eigenvalue weighted by molar-refractivity contribution is 6.33. The first-order chi connectivity index (χ1) is 9.63. The minimum Gasteiger partial charge on any atom is -0.361 e. The van der Waals surface area contributed by atoms with Crippen molar-refractivity contribution in [2.75, 3.05) is 5.32 Å². The van der Waals surface area contributed by atoms with Crippen LogP contribution in [0.15, 0.2) is 42.7 Å². The standard InChI is InChI=1S/C13H9ClN4O2/c14-11-6-10(18(19)20)7-16-13(11)17-9-1-2-12-8(5-9)3-4-15-12/h1-7,15H,(H,16,17). The van der Waals surface area contributed by atoms with Crippen LogP contribution in [0.1, 0.15) is 0 Å². The zero-order valence-corrected chi connectivity index (χ0v) is 10.9. The van der Waals surface area contributed by atoms with Gasteiger partial charge in [-0.25, -0.2) is 4.98 Å². The van der Waals surface area contributed by atoms with Gasteiger partial charge in [-0.2, -0.15) is 0 Å². The predicted molar refractivity (Wildman–Crippen MR) is 77.5 cm³/mol.